The molecule has 0 N–H and O–H groups in total. The Kier molecular flexibility index (Phi) is 3.35. The van der Waals surface area contributed by atoms with Gasteiger partial charge in [-0.25, -0.2) is 0 Å². The maximum absolute atomic E-state index is 11.3. The lowest BCUT2D eigenvalue weighted by molar-refractivity contribution is -0.138. The number of benzene rings is 1. The summed E-state index contributed by atoms with van der Waals surface area (Å²) in [5, 5.41) is 8.94. The van der Waals surface area contributed by atoms with Crippen molar-refractivity contribution in [1.29, 1.82) is 5.26 Å². The summed E-state index contributed by atoms with van der Waals surface area (Å²) >= 11 is 1.40. The number of ether oxygens (including phenoxy) is 1. The molecule has 1 aliphatic heterocycles. The second-order valence-electron chi connectivity index (χ2n) is 3.38. The summed E-state index contributed by atoms with van der Waals surface area (Å²) in [7, 11) is 1.35. The van der Waals surface area contributed by atoms with Crippen molar-refractivity contribution in [1.82, 2.24) is 0 Å². The van der Waals surface area contributed by atoms with Crippen molar-refractivity contribution in [3.8, 4) is 6.07 Å². The van der Waals surface area contributed by atoms with Gasteiger partial charge in [0.1, 0.15) is 17.5 Å². The van der Waals surface area contributed by atoms with Crippen LogP contribution in [0.5, 0.6) is 0 Å². The minimum atomic E-state index is -0.333. The molecule has 1 heterocycles. The Morgan fingerprint density at radius 2 is 2.29 bits per heavy atom. The van der Waals surface area contributed by atoms with Crippen LogP contribution < -0.4 is 4.90 Å². The minimum absolute atomic E-state index is 0.110. The van der Waals surface area contributed by atoms with Crippen LogP contribution >= 0.6 is 11.8 Å². The van der Waals surface area contributed by atoms with Crippen LogP contribution in [0.4, 0.5) is 5.69 Å². The number of esters is 1. The predicted molar refractivity (Wildman–Crippen MR) is 65.4 cm³/mol. The minimum Gasteiger partial charge on any atom is -0.468 e. The average molecular weight is 246 g/mol. The van der Waals surface area contributed by atoms with E-state index < -0.39 is 0 Å². The lowest BCUT2D eigenvalue weighted by Gasteiger charge is -2.25. The molecule has 2 rings (SSSR count). The smallest absolute Gasteiger partial charge is 0.325 e. The molecule has 5 heteroatoms. The Labute approximate surface area is 103 Å². The van der Waals surface area contributed by atoms with Crippen molar-refractivity contribution in [3.63, 3.8) is 0 Å². The molecule has 0 atom stereocenters. The Morgan fingerprint density at radius 3 is 3.00 bits per heavy atom. The third-order valence-electron chi connectivity index (χ3n) is 2.30. The largest absolute Gasteiger partial charge is 0.468 e. The lowest BCUT2D eigenvalue weighted by atomic mass is 10.3. The number of nitriles is 1. The molecule has 0 amide bonds. The fourth-order valence-electron chi connectivity index (χ4n) is 1.52. The summed E-state index contributed by atoms with van der Waals surface area (Å²) in [4.78, 5) is 14.6. The highest BCUT2D eigenvalue weighted by atomic mass is 32.2. The molecule has 0 radical (unpaired) electrons. The van der Waals surface area contributed by atoms with E-state index in [0.29, 0.717) is 4.91 Å². The Bertz CT molecular complexity index is 519. The predicted octanol–water partition coefficient (Wildman–Crippen LogP) is 2.14. The molecule has 4 nitrogen and oxygen atoms in total. The maximum atomic E-state index is 11.3. The van der Waals surface area contributed by atoms with Crippen LogP contribution in [0, 0.1) is 11.3 Å². The van der Waals surface area contributed by atoms with Crippen LogP contribution in [0.1, 0.15) is 0 Å². The van der Waals surface area contributed by atoms with Gasteiger partial charge in [-0.1, -0.05) is 23.9 Å². The van der Waals surface area contributed by atoms with Gasteiger partial charge in [-0.05, 0) is 12.1 Å². The number of carbonyl (C=O) groups excluding carboxylic acids is 1. The zero-order chi connectivity index (χ0) is 12.3. The first-order valence-electron chi connectivity index (χ1n) is 4.97. The van der Waals surface area contributed by atoms with Gasteiger partial charge in [0.05, 0.1) is 12.8 Å². The SMILES string of the molecule is COC(=O)CN1C=C(C#N)Sc2ccccc21. The molecule has 1 aromatic carbocycles. The molecule has 0 aliphatic carbocycles. The van der Waals surface area contributed by atoms with E-state index in [4.69, 9.17) is 5.26 Å². The molecule has 1 aromatic rings. The summed E-state index contributed by atoms with van der Waals surface area (Å²) in [5.74, 6) is -0.333. The van der Waals surface area contributed by atoms with Crippen LogP contribution in [0.25, 0.3) is 0 Å². The second-order valence-corrected chi connectivity index (χ2v) is 4.46. The first-order chi connectivity index (χ1) is 8.24. The molecular formula is C12H10N2O2S. The fourth-order valence-corrected chi connectivity index (χ4v) is 2.42. The number of methoxy groups -OCH3 is 1. The van der Waals surface area contributed by atoms with Gasteiger partial charge in [0.2, 0.25) is 0 Å². The van der Waals surface area contributed by atoms with Crippen molar-refractivity contribution in [2.75, 3.05) is 18.6 Å². The molecule has 0 saturated carbocycles. The number of allylic oxidation sites excluding steroid dienone is 1. The van der Waals surface area contributed by atoms with Gasteiger partial charge in [0.25, 0.3) is 0 Å². The molecule has 0 aromatic heterocycles. The van der Waals surface area contributed by atoms with Crippen LogP contribution in [0.2, 0.25) is 0 Å². The Hall–Kier alpha value is -1.93. The Balaban J connectivity index is 2.34. The lowest BCUT2D eigenvalue weighted by Crippen LogP contribution is -2.27. The number of hydrogen-bond acceptors (Lipinski definition) is 5. The highest BCUT2D eigenvalue weighted by Crippen LogP contribution is 2.39. The zero-order valence-corrected chi connectivity index (χ0v) is 10.0. The molecule has 0 bridgehead atoms. The number of rotatable bonds is 2. The summed E-state index contributed by atoms with van der Waals surface area (Å²) in [6, 6.07) is 9.74. The van der Waals surface area contributed by atoms with E-state index in [9.17, 15) is 4.79 Å². The van der Waals surface area contributed by atoms with Gasteiger partial charge < -0.3 is 9.64 Å². The molecule has 1 aliphatic rings. The first kappa shape index (κ1) is 11.6. The maximum Gasteiger partial charge on any atom is 0.325 e. The molecule has 0 saturated heterocycles. The van der Waals surface area contributed by atoms with Crippen LogP contribution in [0.3, 0.4) is 0 Å². The van der Waals surface area contributed by atoms with Crippen molar-refractivity contribution < 1.29 is 9.53 Å². The van der Waals surface area contributed by atoms with Crippen molar-refractivity contribution >= 4 is 23.4 Å². The Morgan fingerprint density at radius 1 is 1.53 bits per heavy atom. The third-order valence-corrected chi connectivity index (χ3v) is 3.29. The van der Waals surface area contributed by atoms with Crippen LogP contribution in [-0.2, 0) is 9.53 Å². The summed E-state index contributed by atoms with van der Waals surface area (Å²) in [6.07, 6.45) is 1.67. The standard InChI is InChI=1S/C12H10N2O2S/c1-16-12(15)8-14-7-9(6-13)17-11-5-3-2-4-10(11)14/h2-5,7H,8H2,1H3. The van der Waals surface area contributed by atoms with E-state index in [2.05, 4.69) is 10.8 Å². The van der Waals surface area contributed by atoms with Crippen molar-refractivity contribution in [2.45, 2.75) is 4.90 Å². The monoisotopic (exact) mass is 246 g/mol. The van der Waals surface area contributed by atoms with Gasteiger partial charge >= 0.3 is 5.97 Å². The summed E-state index contributed by atoms with van der Waals surface area (Å²) < 4.78 is 4.64. The van der Waals surface area contributed by atoms with E-state index in [-0.39, 0.29) is 12.5 Å². The van der Waals surface area contributed by atoms with E-state index in [1.807, 2.05) is 24.3 Å². The highest BCUT2D eigenvalue weighted by Gasteiger charge is 2.19. The van der Waals surface area contributed by atoms with E-state index in [0.717, 1.165) is 10.6 Å². The van der Waals surface area contributed by atoms with Gasteiger partial charge in [0.15, 0.2) is 0 Å². The molecule has 0 fully saturated rings. The molecule has 17 heavy (non-hydrogen) atoms. The van der Waals surface area contributed by atoms with Gasteiger partial charge in [-0.2, -0.15) is 5.26 Å². The topological polar surface area (TPSA) is 53.3 Å². The second kappa shape index (κ2) is 4.93. The zero-order valence-electron chi connectivity index (χ0n) is 9.21. The van der Waals surface area contributed by atoms with Gasteiger partial charge in [-0.15, -0.1) is 0 Å². The third kappa shape index (κ3) is 2.43. The quantitative estimate of drug-likeness (QED) is 0.748. The van der Waals surface area contributed by atoms with E-state index >= 15 is 0 Å². The van der Waals surface area contributed by atoms with Crippen molar-refractivity contribution in [2.24, 2.45) is 0 Å². The van der Waals surface area contributed by atoms with Gasteiger partial charge in [-0.3, -0.25) is 4.79 Å². The van der Waals surface area contributed by atoms with Crippen LogP contribution in [0.15, 0.2) is 40.3 Å². The normalized spacial score (nSPS) is 13.4. The molecule has 86 valence electrons. The number of thioether (sulfide) groups is 1. The first-order valence-corrected chi connectivity index (χ1v) is 5.78. The molecule has 0 spiro atoms. The highest BCUT2D eigenvalue weighted by molar-refractivity contribution is 8.03. The molecular weight excluding hydrogens is 236 g/mol. The van der Waals surface area contributed by atoms with Crippen molar-refractivity contribution in [3.05, 3.63) is 35.4 Å². The number of anilines is 1. The summed E-state index contributed by atoms with van der Waals surface area (Å²) in [6.45, 7) is 0.110. The van der Waals surface area contributed by atoms with E-state index in [1.165, 1.54) is 18.9 Å². The van der Waals surface area contributed by atoms with Gasteiger partial charge in [0, 0.05) is 11.1 Å². The number of nitrogens with zero attached hydrogens (tertiary/aromatic N) is 2. The number of carbonyl (C=O) groups is 1. The van der Waals surface area contributed by atoms with Crippen LogP contribution in [-0.4, -0.2) is 19.6 Å². The average Bonchev–Trinajstić information content (AvgIpc) is 2.38. The number of hydrogen-bond donors (Lipinski definition) is 0. The molecule has 0 unspecified atom stereocenters. The fraction of sp³-hybridized carbons (Fsp3) is 0.167. The number of para-hydroxylation sites is 1. The summed E-state index contributed by atoms with van der Waals surface area (Å²) in [5.41, 5.74) is 0.918. The number of fused-ring (bicyclic) bond motifs is 1. The van der Waals surface area contributed by atoms with E-state index in [1.54, 1.807) is 11.1 Å².